The maximum absolute atomic E-state index is 12.9. The lowest BCUT2D eigenvalue weighted by Crippen LogP contribution is -2.37. The van der Waals surface area contributed by atoms with Crippen molar-refractivity contribution < 1.29 is 19.0 Å². The first kappa shape index (κ1) is 18.1. The van der Waals surface area contributed by atoms with Crippen LogP contribution in [0.1, 0.15) is 16.7 Å². The summed E-state index contributed by atoms with van der Waals surface area (Å²) in [6, 6.07) is 3.63. The van der Waals surface area contributed by atoms with Crippen molar-refractivity contribution in [2.45, 2.75) is 19.4 Å². The van der Waals surface area contributed by atoms with Gasteiger partial charge in [-0.25, -0.2) is 4.98 Å². The highest BCUT2D eigenvalue weighted by Gasteiger charge is 2.24. The average Bonchev–Trinajstić information content (AvgIpc) is 3.21. The quantitative estimate of drug-likeness (QED) is 0.727. The molecule has 1 N–H and O–H groups in total. The maximum Gasteiger partial charge on any atom is 0.227 e. The molecule has 1 aliphatic heterocycles. The Morgan fingerprint density at radius 1 is 1.14 bits per heavy atom. The van der Waals surface area contributed by atoms with Crippen molar-refractivity contribution in [1.29, 1.82) is 0 Å². The molecule has 146 valence electrons. The number of carbonyl (C=O) groups is 1. The fraction of sp³-hybridized carbons (Fsp3) is 0.350. The van der Waals surface area contributed by atoms with E-state index in [2.05, 4.69) is 15.2 Å². The number of aromatic nitrogens is 3. The van der Waals surface area contributed by atoms with Crippen molar-refractivity contribution >= 4 is 16.9 Å². The Labute approximate surface area is 162 Å². The van der Waals surface area contributed by atoms with E-state index in [-0.39, 0.29) is 12.3 Å². The van der Waals surface area contributed by atoms with Gasteiger partial charge in [0.15, 0.2) is 17.1 Å². The summed E-state index contributed by atoms with van der Waals surface area (Å²) < 4.78 is 16.1. The highest BCUT2D eigenvalue weighted by molar-refractivity contribution is 5.82. The van der Waals surface area contributed by atoms with Gasteiger partial charge in [0.2, 0.25) is 11.7 Å². The smallest absolute Gasteiger partial charge is 0.227 e. The number of nitrogens with one attached hydrogen (secondary N) is 1. The summed E-state index contributed by atoms with van der Waals surface area (Å²) in [6.07, 6.45) is 4.67. The van der Waals surface area contributed by atoms with E-state index in [0.717, 1.165) is 28.6 Å². The van der Waals surface area contributed by atoms with Gasteiger partial charge < -0.3 is 19.1 Å². The zero-order valence-electron chi connectivity index (χ0n) is 16.1. The number of fused-ring (bicyclic) bond motifs is 3. The Hall–Kier alpha value is -3.29. The predicted molar refractivity (Wildman–Crippen MR) is 103 cm³/mol. The SMILES string of the molecule is COc1cc(CC(=O)N2CCc3c(cnc4[nH]ncc34)C2)cc(OC)c1OC. The summed E-state index contributed by atoms with van der Waals surface area (Å²) in [5, 5.41) is 7.99. The molecule has 0 unspecified atom stereocenters. The zero-order chi connectivity index (χ0) is 19.7. The minimum Gasteiger partial charge on any atom is -0.493 e. The van der Waals surface area contributed by atoms with E-state index < -0.39 is 0 Å². The fourth-order valence-electron chi connectivity index (χ4n) is 3.69. The molecule has 1 aromatic carbocycles. The molecule has 1 aliphatic rings. The van der Waals surface area contributed by atoms with Gasteiger partial charge in [0.25, 0.3) is 0 Å². The molecule has 0 atom stereocenters. The number of benzene rings is 1. The molecule has 0 radical (unpaired) electrons. The van der Waals surface area contributed by atoms with Crippen molar-refractivity contribution in [3.05, 3.63) is 41.2 Å². The summed E-state index contributed by atoms with van der Waals surface area (Å²) in [4.78, 5) is 19.2. The van der Waals surface area contributed by atoms with Crippen molar-refractivity contribution in [2.24, 2.45) is 0 Å². The number of amides is 1. The van der Waals surface area contributed by atoms with Gasteiger partial charge in [0.05, 0.1) is 33.9 Å². The topological polar surface area (TPSA) is 89.6 Å². The van der Waals surface area contributed by atoms with Gasteiger partial charge in [-0.3, -0.25) is 9.89 Å². The van der Waals surface area contributed by atoms with E-state index in [1.54, 1.807) is 27.5 Å². The van der Waals surface area contributed by atoms with Crippen LogP contribution in [0.5, 0.6) is 17.2 Å². The van der Waals surface area contributed by atoms with Gasteiger partial charge >= 0.3 is 0 Å². The summed E-state index contributed by atoms with van der Waals surface area (Å²) in [5.74, 6) is 1.65. The highest BCUT2D eigenvalue weighted by atomic mass is 16.5. The van der Waals surface area contributed by atoms with Gasteiger partial charge in [-0.15, -0.1) is 0 Å². The second-order valence-corrected chi connectivity index (χ2v) is 6.67. The molecule has 8 nitrogen and oxygen atoms in total. The normalized spacial score (nSPS) is 13.3. The van der Waals surface area contributed by atoms with Gasteiger partial charge in [0, 0.05) is 24.7 Å². The van der Waals surface area contributed by atoms with Crippen LogP contribution in [0.15, 0.2) is 24.5 Å². The number of H-pyrrole nitrogens is 1. The highest BCUT2D eigenvalue weighted by Crippen LogP contribution is 2.38. The Kier molecular flexibility index (Phi) is 4.77. The van der Waals surface area contributed by atoms with Crippen LogP contribution < -0.4 is 14.2 Å². The number of pyridine rings is 1. The monoisotopic (exact) mass is 382 g/mol. The van der Waals surface area contributed by atoms with E-state index in [0.29, 0.717) is 30.3 Å². The third-order valence-electron chi connectivity index (χ3n) is 5.11. The summed E-state index contributed by atoms with van der Waals surface area (Å²) >= 11 is 0. The van der Waals surface area contributed by atoms with Gasteiger partial charge in [-0.1, -0.05) is 0 Å². The first-order valence-corrected chi connectivity index (χ1v) is 9.01. The molecular formula is C20H22N4O4. The van der Waals surface area contributed by atoms with Crippen LogP contribution in [-0.4, -0.2) is 53.9 Å². The van der Waals surface area contributed by atoms with Crippen molar-refractivity contribution in [1.82, 2.24) is 20.1 Å². The second kappa shape index (κ2) is 7.38. The molecule has 0 bridgehead atoms. The molecule has 3 heterocycles. The van der Waals surface area contributed by atoms with E-state index in [1.165, 1.54) is 5.56 Å². The van der Waals surface area contributed by atoms with E-state index >= 15 is 0 Å². The maximum atomic E-state index is 12.9. The largest absolute Gasteiger partial charge is 0.493 e. The van der Waals surface area contributed by atoms with Crippen molar-refractivity contribution in [2.75, 3.05) is 27.9 Å². The molecular weight excluding hydrogens is 360 g/mol. The van der Waals surface area contributed by atoms with Crippen LogP contribution in [0.3, 0.4) is 0 Å². The number of methoxy groups -OCH3 is 3. The van der Waals surface area contributed by atoms with Gasteiger partial charge in [-0.2, -0.15) is 5.10 Å². The van der Waals surface area contributed by atoms with Crippen molar-refractivity contribution in [3.63, 3.8) is 0 Å². The molecule has 0 saturated heterocycles. The summed E-state index contributed by atoms with van der Waals surface area (Å²) in [7, 11) is 4.68. The Balaban J connectivity index is 1.54. The number of hydrogen-bond acceptors (Lipinski definition) is 6. The van der Waals surface area contributed by atoms with Crippen LogP contribution in [-0.2, 0) is 24.2 Å². The standard InChI is InChI=1S/C20H22N4O4/c1-26-16-6-12(7-17(27-2)19(16)28-3)8-18(25)24-5-4-14-13(11-24)9-21-20-15(14)10-22-23-20/h6-7,9-10H,4-5,8,11H2,1-3H3,(H,21,22,23). The first-order chi connectivity index (χ1) is 13.6. The van der Waals surface area contributed by atoms with E-state index in [4.69, 9.17) is 14.2 Å². The minimum absolute atomic E-state index is 0.0483. The lowest BCUT2D eigenvalue weighted by Gasteiger charge is -2.29. The number of hydrogen-bond donors (Lipinski definition) is 1. The molecule has 3 aromatic rings. The van der Waals surface area contributed by atoms with Crippen molar-refractivity contribution in [3.8, 4) is 17.2 Å². The van der Waals surface area contributed by atoms with Crippen LogP contribution >= 0.6 is 0 Å². The number of rotatable bonds is 5. The van der Waals surface area contributed by atoms with Crippen LogP contribution in [0.2, 0.25) is 0 Å². The molecule has 1 amide bonds. The summed E-state index contributed by atoms with van der Waals surface area (Å²) in [5.41, 5.74) is 3.89. The average molecular weight is 382 g/mol. The summed E-state index contributed by atoms with van der Waals surface area (Å²) in [6.45, 7) is 1.22. The lowest BCUT2D eigenvalue weighted by molar-refractivity contribution is -0.131. The van der Waals surface area contributed by atoms with E-state index in [9.17, 15) is 4.79 Å². The Bertz CT molecular complexity index is 1010. The van der Waals surface area contributed by atoms with Gasteiger partial charge in [-0.05, 0) is 35.2 Å². The third kappa shape index (κ3) is 3.11. The number of ether oxygens (including phenoxy) is 3. The molecule has 0 saturated carbocycles. The Morgan fingerprint density at radius 2 is 1.89 bits per heavy atom. The third-order valence-corrected chi connectivity index (χ3v) is 5.11. The molecule has 28 heavy (non-hydrogen) atoms. The first-order valence-electron chi connectivity index (χ1n) is 9.01. The number of nitrogens with zero attached hydrogens (tertiary/aromatic N) is 3. The van der Waals surface area contributed by atoms with E-state index in [1.807, 2.05) is 23.2 Å². The lowest BCUT2D eigenvalue weighted by atomic mass is 9.98. The predicted octanol–water partition coefficient (Wildman–Crippen LogP) is 2.11. The molecule has 8 heteroatoms. The van der Waals surface area contributed by atoms with Gasteiger partial charge in [0.1, 0.15) is 0 Å². The fourth-order valence-corrected chi connectivity index (χ4v) is 3.69. The zero-order valence-corrected chi connectivity index (χ0v) is 16.1. The van der Waals surface area contributed by atoms with Crippen LogP contribution in [0.4, 0.5) is 0 Å². The number of carbonyl (C=O) groups excluding carboxylic acids is 1. The van der Waals surface area contributed by atoms with Crippen LogP contribution in [0, 0.1) is 0 Å². The molecule has 0 aliphatic carbocycles. The second-order valence-electron chi connectivity index (χ2n) is 6.67. The Morgan fingerprint density at radius 3 is 2.57 bits per heavy atom. The molecule has 4 rings (SSSR count). The molecule has 2 aromatic heterocycles. The number of aromatic amines is 1. The minimum atomic E-state index is 0.0483. The molecule has 0 spiro atoms. The van der Waals surface area contributed by atoms with Crippen LogP contribution in [0.25, 0.3) is 11.0 Å². The molecule has 0 fully saturated rings.